The molecule has 0 bridgehead atoms. The van der Waals surface area contributed by atoms with Gasteiger partial charge in [-0.2, -0.15) is 0 Å². The van der Waals surface area contributed by atoms with Crippen molar-refractivity contribution in [3.8, 4) is 0 Å². The van der Waals surface area contributed by atoms with Crippen LogP contribution in [0.5, 0.6) is 0 Å². The van der Waals surface area contributed by atoms with Gasteiger partial charge in [-0.15, -0.1) is 0 Å². The number of benzene rings is 1. The molecule has 1 rings (SSSR count). The predicted molar refractivity (Wildman–Crippen MR) is 75.5 cm³/mol. The van der Waals surface area contributed by atoms with E-state index in [2.05, 4.69) is 4.72 Å². The maximum Gasteiger partial charge on any atom is 0.237 e. The fourth-order valence-corrected chi connectivity index (χ4v) is 2.81. The fourth-order valence-electron chi connectivity index (χ4n) is 1.41. The zero-order valence-corrected chi connectivity index (χ0v) is 12.7. The second kappa shape index (κ2) is 6.36. The molecule has 7 heteroatoms. The first-order valence-electron chi connectivity index (χ1n) is 5.64. The highest BCUT2D eigenvalue weighted by Crippen LogP contribution is 2.16. The van der Waals surface area contributed by atoms with E-state index in [9.17, 15) is 13.2 Å². The Kier molecular flexibility index (Phi) is 5.34. The lowest BCUT2D eigenvalue weighted by atomic mass is 10.1. The van der Waals surface area contributed by atoms with Crippen molar-refractivity contribution in [1.82, 2.24) is 9.62 Å². The summed E-state index contributed by atoms with van der Waals surface area (Å²) in [5.41, 5.74) is 1.46. The van der Waals surface area contributed by atoms with Crippen molar-refractivity contribution in [2.45, 2.75) is 12.7 Å². The Morgan fingerprint density at radius 1 is 1.37 bits per heavy atom. The molecule has 5 nitrogen and oxygen atoms in total. The first-order chi connectivity index (χ1) is 8.71. The number of hydrogen-bond donors (Lipinski definition) is 1. The van der Waals surface area contributed by atoms with Crippen LogP contribution in [0, 0.1) is 6.92 Å². The third-order valence-electron chi connectivity index (χ3n) is 2.59. The quantitative estimate of drug-likeness (QED) is 0.887. The normalized spacial score (nSPS) is 11.4. The van der Waals surface area contributed by atoms with Gasteiger partial charge in [-0.05, 0) is 30.2 Å². The molecule has 19 heavy (non-hydrogen) atoms. The van der Waals surface area contributed by atoms with Crippen molar-refractivity contribution in [2.75, 3.05) is 20.6 Å². The monoisotopic (exact) mass is 304 g/mol. The van der Waals surface area contributed by atoms with Crippen molar-refractivity contribution < 1.29 is 13.2 Å². The number of likely N-dealkylation sites (N-methyl/N-ethyl adjacent to an activating group) is 1. The summed E-state index contributed by atoms with van der Waals surface area (Å²) in [7, 11) is -0.400. The van der Waals surface area contributed by atoms with Gasteiger partial charge in [-0.25, -0.2) is 13.1 Å². The average molecular weight is 305 g/mol. The fraction of sp³-hybridized carbons (Fsp3) is 0.417. The van der Waals surface area contributed by atoms with E-state index in [1.807, 2.05) is 0 Å². The van der Waals surface area contributed by atoms with Gasteiger partial charge in [-0.1, -0.05) is 17.7 Å². The van der Waals surface area contributed by atoms with Crippen LogP contribution in [0.2, 0.25) is 5.02 Å². The van der Waals surface area contributed by atoms with Gasteiger partial charge in [-0.3, -0.25) is 4.79 Å². The third kappa shape index (κ3) is 5.18. The molecule has 1 aromatic carbocycles. The zero-order chi connectivity index (χ0) is 14.6. The van der Waals surface area contributed by atoms with E-state index in [1.54, 1.807) is 39.2 Å². The molecule has 1 N–H and O–H groups in total. The van der Waals surface area contributed by atoms with Crippen molar-refractivity contribution >= 4 is 27.5 Å². The molecule has 0 unspecified atom stereocenters. The summed E-state index contributed by atoms with van der Waals surface area (Å²) in [4.78, 5) is 12.7. The summed E-state index contributed by atoms with van der Waals surface area (Å²) >= 11 is 5.81. The van der Waals surface area contributed by atoms with Gasteiger partial charge in [0.2, 0.25) is 15.9 Å². The first kappa shape index (κ1) is 15.9. The van der Waals surface area contributed by atoms with Gasteiger partial charge in [0, 0.05) is 19.1 Å². The van der Waals surface area contributed by atoms with Crippen molar-refractivity contribution in [2.24, 2.45) is 0 Å². The summed E-state index contributed by atoms with van der Waals surface area (Å²) in [5, 5.41) is 0.564. The largest absolute Gasteiger partial charge is 0.348 e. The number of nitrogens with zero attached hydrogens (tertiary/aromatic N) is 1. The van der Waals surface area contributed by atoms with E-state index >= 15 is 0 Å². The standard InChI is InChI=1S/C12H17ClN2O3S/c1-9-6-11(13)5-4-10(9)8-19(17,18)14-7-12(16)15(2)3/h4-6,14H,7-8H2,1-3H3. The number of nitrogens with one attached hydrogen (secondary N) is 1. The number of hydrogen-bond acceptors (Lipinski definition) is 3. The number of rotatable bonds is 5. The third-order valence-corrected chi connectivity index (χ3v) is 4.10. The number of halogens is 1. The van der Waals surface area contributed by atoms with Crippen LogP contribution in [0.4, 0.5) is 0 Å². The molecule has 0 saturated carbocycles. The molecule has 1 amide bonds. The number of carbonyl (C=O) groups is 1. The molecule has 0 fully saturated rings. The molecule has 0 aliphatic carbocycles. The van der Waals surface area contributed by atoms with Crippen LogP contribution in [0.25, 0.3) is 0 Å². The van der Waals surface area contributed by atoms with Gasteiger partial charge in [0.1, 0.15) is 0 Å². The van der Waals surface area contributed by atoms with Crippen molar-refractivity contribution in [3.63, 3.8) is 0 Å². The van der Waals surface area contributed by atoms with E-state index in [0.29, 0.717) is 10.6 Å². The molecular weight excluding hydrogens is 288 g/mol. The van der Waals surface area contributed by atoms with E-state index in [4.69, 9.17) is 11.6 Å². The molecule has 0 atom stereocenters. The number of aryl methyl sites for hydroxylation is 1. The van der Waals surface area contributed by atoms with Gasteiger partial charge in [0.25, 0.3) is 0 Å². The molecule has 106 valence electrons. The molecule has 0 saturated heterocycles. The summed E-state index contributed by atoms with van der Waals surface area (Å²) in [6.45, 7) is 1.56. The molecule has 0 radical (unpaired) electrons. The second-order valence-electron chi connectivity index (χ2n) is 4.44. The topological polar surface area (TPSA) is 66.5 Å². The summed E-state index contributed by atoms with van der Waals surface area (Å²) in [6.07, 6.45) is 0. The minimum absolute atomic E-state index is 0.170. The van der Waals surface area contributed by atoms with Crippen LogP contribution < -0.4 is 4.72 Å². The summed E-state index contributed by atoms with van der Waals surface area (Å²) in [6, 6.07) is 5.02. The number of sulfonamides is 1. The minimum Gasteiger partial charge on any atom is -0.348 e. The Labute approximate surface area is 118 Å². The van der Waals surface area contributed by atoms with Crippen molar-refractivity contribution in [3.05, 3.63) is 34.3 Å². The number of carbonyl (C=O) groups excluding carboxylic acids is 1. The van der Waals surface area contributed by atoms with Gasteiger partial charge in [0.05, 0.1) is 12.3 Å². The average Bonchev–Trinajstić information content (AvgIpc) is 2.29. The second-order valence-corrected chi connectivity index (χ2v) is 6.68. The lowest BCUT2D eigenvalue weighted by Gasteiger charge is -2.12. The Morgan fingerprint density at radius 3 is 2.53 bits per heavy atom. The highest BCUT2D eigenvalue weighted by atomic mass is 35.5. The Bertz CT molecular complexity index is 570. The molecule has 0 aliphatic rings. The predicted octanol–water partition coefficient (Wildman–Crippen LogP) is 1.16. The summed E-state index contributed by atoms with van der Waals surface area (Å²) in [5.74, 6) is -0.465. The van der Waals surface area contributed by atoms with Crippen LogP contribution in [0.1, 0.15) is 11.1 Å². The smallest absolute Gasteiger partial charge is 0.237 e. The highest BCUT2D eigenvalue weighted by Gasteiger charge is 2.15. The van der Waals surface area contributed by atoms with Gasteiger partial charge >= 0.3 is 0 Å². The van der Waals surface area contributed by atoms with Crippen LogP contribution in [-0.2, 0) is 20.6 Å². The van der Waals surface area contributed by atoms with Gasteiger partial charge < -0.3 is 4.90 Å². The molecule has 1 aromatic rings. The van der Waals surface area contributed by atoms with E-state index < -0.39 is 10.0 Å². The first-order valence-corrected chi connectivity index (χ1v) is 7.67. The van der Waals surface area contributed by atoms with Crippen LogP contribution in [0.15, 0.2) is 18.2 Å². The molecule has 0 spiro atoms. The number of amides is 1. The van der Waals surface area contributed by atoms with Crippen molar-refractivity contribution in [1.29, 1.82) is 0 Å². The van der Waals surface area contributed by atoms with E-state index in [-0.39, 0.29) is 18.2 Å². The molecule has 0 heterocycles. The summed E-state index contributed by atoms with van der Waals surface area (Å²) < 4.78 is 26.0. The van der Waals surface area contributed by atoms with E-state index in [0.717, 1.165) is 5.56 Å². The molecule has 0 aromatic heterocycles. The Hall–Kier alpha value is -1.11. The van der Waals surface area contributed by atoms with Crippen LogP contribution in [-0.4, -0.2) is 39.9 Å². The zero-order valence-electron chi connectivity index (χ0n) is 11.1. The lowest BCUT2D eigenvalue weighted by molar-refractivity contribution is -0.127. The van der Waals surface area contributed by atoms with Crippen LogP contribution in [0.3, 0.4) is 0 Å². The van der Waals surface area contributed by atoms with E-state index in [1.165, 1.54) is 4.90 Å². The Balaban J connectivity index is 2.72. The maximum atomic E-state index is 11.8. The molecular formula is C12H17ClN2O3S. The van der Waals surface area contributed by atoms with Crippen LogP contribution >= 0.6 is 11.6 Å². The SMILES string of the molecule is Cc1cc(Cl)ccc1CS(=O)(=O)NCC(=O)N(C)C. The Morgan fingerprint density at radius 2 is 2.00 bits per heavy atom. The molecule has 0 aliphatic heterocycles. The maximum absolute atomic E-state index is 11.8. The van der Waals surface area contributed by atoms with Gasteiger partial charge in [0.15, 0.2) is 0 Å². The lowest BCUT2D eigenvalue weighted by Crippen LogP contribution is -2.36. The highest BCUT2D eigenvalue weighted by molar-refractivity contribution is 7.88. The minimum atomic E-state index is -3.54.